The first-order valence-corrected chi connectivity index (χ1v) is 16.9. The maximum absolute atomic E-state index is 17.2. The van der Waals surface area contributed by atoms with Gasteiger partial charge in [-0.1, -0.05) is 12.1 Å². The monoisotopic (exact) mass is 706 g/mol. The summed E-state index contributed by atoms with van der Waals surface area (Å²) in [7, 11) is 0. The zero-order valence-electron chi connectivity index (χ0n) is 27.6. The first-order valence-electron chi connectivity index (χ1n) is 16.9. The maximum atomic E-state index is 17.2. The molecule has 270 valence electrons. The summed E-state index contributed by atoms with van der Waals surface area (Å²) < 4.78 is 94.1. The number of rotatable bonds is 9. The molecule has 9 nitrogen and oxygen atoms in total. The lowest BCUT2D eigenvalue weighted by molar-refractivity contribution is -0.148. The zero-order valence-corrected chi connectivity index (χ0v) is 27.6. The second kappa shape index (κ2) is 14.6. The van der Waals surface area contributed by atoms with Crippen LogP contribution in [-0.4, -0.2) is 83.9 Å². The van der Waals surface area contributed by atoms with Gasteiger partial charge in [0.2, 0.25) is 11.6 Å². The molecule has 3 aromatic rings. The highest BCUT2D eigenvalue weighted by atomic mass is 19.4. The molecule has 0 radical (unpaired) electrons. The molecule has 2 N–H and O–H groups in total. The van der Waals surface area contributed by atoms with Crippen LogP contribution >= 0.6 is 0 Å². The fourth-order valence-electron chi connectivity index (χ4n) is 7.39. The van der Waals surface area contributed by atoms with Gasteiger partial charge in [0.1, 0.15) is 11.6 Å². The topological polar surface area (TPSA) is 91.7 Å². The number of carbonyl (C=O) groups excluding carboxylic acids is 2. The van der Waals surface area contributed by atoms with Crippen LogP contribution in [0.15, 0.2) is 48.8 Å². The van der Waals surface area contributed by atoms with E-state index < -0.39 is 40.9 Å². The number of anilines is 2. The lowest BCUT2D eigenvalue weighted by atomic mass is 9.85. The molecule has 50 heavy (non-hydrogen) atoms. The molecule has 1 aromatic heterocycles. The smallest absolute Gasteiger partial charge is 0.416 e. The molecule has 0 aliphatic carbocycles. The van der Waals surface area contributed by atoms with Gasteiger partial charge in [0, 0.05) is 62.3 Å². The lowest BCUT2D eigenvalue weighted by Crippen LogP contribution is -2.47. The normalized spacial score (nSPS) is 22.5. The predicted octanol–water partition coefficient (Wildman–Crippen LogP) is 5.51. The fourth-order valence-corrected chi connectivity index (χ4v) is 7.39. The molecule has 0 bridgehead atoms. The number of nitrogens with zero attached hydrogens (tertiary/aromatic N) is 4. The third-order valence-electron chi connectivity index (χ3n) is 10.1. The van der Waals surface area contributed by atoms with Gasteiger partial charge in [-0.3, -0.25) is 19.8 Å². The SMILES string of the molecule is CCOC(=O)C1CCN(c2cc(C(F)(F)F)ccc2Cn2ccnc2NC(=O)[C@]2(F)CN(C3CCNCC3)C[C@H]2c2ccc(F)cc2F)CC1. The molecule has 4 heterocycles. The first kappa shape index (κ1) is 35.7. The summed E-state index contributed by atoms with van der Waals surface area (Å²) in [6, 6.07) is 6.26. The predicted molar refractivity (Wildman–Crippen MR) is 173 cm³/mol. The minimum absolute atomic E-state index is 0.0165. The van der Waals surface area contributed by atoms with Gasteiger partial charge in [-0.15, -0.1) is 0 Å². The summed E-state index contributed by atoms with van der Waals surface area (Å²) in [5.74, 6) is -4.77. The number of hydrogen-bond donors (Lipinski definition) is 2. The molecular formula is C35H40F6N6O3. The van der Waals surface area contributed by atoms with Gasteiger partial charge >= 0.3 is 12.1 Å². The Morgan fingerprint density at radius 3 is 2.48 bits per heavy atom. The third kappa shape index (κ3) is 7.48. The van der Waals surface area contributed by atoms with Crippen molar-refractivity contribution < 1.29 is 40.7 Å². The molecule has 15 heteroatoms. The lowest BCUT2D eigenvalue weighted by Gasteiger charge is -2.34. The van der Waals surface area contributed by atoms with Crippen LogP contribution in [0.3, 0.4) is 0 Å². The number of ether oxygens (including phenoxy) is 1. The van der Waals surface area contributed by atoms with Gasteiger partial charge in [-0.25, -0.2) is 18.2 Å². The van der Waals surface area contributed by atoms with Gasteiger partial charge in [0.05, 0.1) is 24.6 Å². The van der Waals surface area contributed by atoms with E-state index in [-0.39, 0.29) is 55.7 Å². The quantitative estimate of drug-likeness (QED) is 0.224. The Kier molecular flexibility index (Phi) is 10.4. The Hall–Kier alpha value is -4.11. The Labute approximate surface area is 286 Å². The molecule has 6 rings (SSSR count). The van der Waals surface area contributed by atoms with Crippen LogP contribution in [0.5, 0.6) is 0 Å². The zero-order chi connectivity index (χ0) is 35.6. The van der Waals surface area contributed by atoms with Gasteiger partial charge < -0.3 is 19.5 Å². The van der Waals surface area contributed by atoms with Crippen molar-refractivity contribution in [2.45, 2.75) is 63.0 Å². The van der Waals surface area contributed by atoms with Crippen molar-refractivity contribution in [3.05, 3.63) is 77.1 Å². The van der Waals surface area contributed by atoms with Gasteiger partial charge in [0.25, 0.3) is 5.91 Å². The Balaban J connectivity index is 1.25. The van der Waals surface area contributed by atoms with Crippen molar-refractivity contribution in [2.75, 3.05) is 56.1 Å². The van der Waals surface area contributed by atoms with E-state index in [0.29, 0.717) is 43.2 Å². The summed E-state index contributed by atoms with van der Waals surface area (Å²) in [4.78, 5) is 34.0. The van der Waals surface area contributed by atoms with Crippen molar-refractivity contribution in [3.8, 4) is 0 Å². The molecule has 0 saturated carbocycles. The van der Waals surface area contributed by atoms with E-state index in [2.05, 4.69) is 15.6 Å². The fraction of sp³-hybridized carbons (Fsp3) is 0.514. The van der Waals surface area contributed by atoms with Crippen molar-refractivity contribution in [1.29, 1.82) is 0 Å². The summed E-state index contributed by atoms with van der Waals surface area (Å²) in [6.45, 7) is 3.76. The number of aromatic nitrogens is 2. The molecule has 3 fully saturated rings. The molecule has 0 spiro atoms. The molecule has 2 aromatic carbocycles. The number of carbonyl (C=O) groups is 2. The number of likely N-dealkylation sites (tertiary alicyclic amines) is 1. The van der Waals surface area contributed by atoms with Crippen LogP contribution in [0.2, 0.25) is 0 Å². The number of hydrogen-bond acceptors (Lipinski definition) is 7. The summed E-state index contributed by atoms with van der Waals surface area (Å²) in [6.07, 6.45) is 0.551. The van der Waals surface area contributed by atoms with E-state index in [4.69, 9.17) is 4.74 Å². The highest BCUT2D eigenvalue weighted by Crippen LogP contribution is 2.43. The highest BCUT2D eigenvalue weighted by Gasteiger charge is 2.55. The Morgan fingerprint density at radius 1 is 1.06 bits per heavy atom. The van der Waals surface area contributed by atoms with Crippen molar-refractivity contribution in [3.63, 3.8) is 0 Å². The van der Waals surface area contributed by atoms with Crippen molar-refractivity contribution in [2.24, 2.45) is 5.92 Å². The molecule has 3 aliphatic heterocycles. The molecular weight excluding hydrogens is 666 g/mol. The molecule has 2 atom stereocenters. The van der Waals surface area contributed by atoms with E-state index in [1.54, 1.807) is 11.8 Å². The van der Waals surface area contributed by atoms with Gasteiger partial charge in [0.15, 0.2) is 0 Å². The third-order valence-corrected chi connectivity index (χ3v) is 10.1. The number of halogens is 6. The Bertz CT molecular complexity index is 1690. The van der Waals surface area contributed by atoms with E-state index in [9.17, 15) is 27.2 Å². The number of piperidine rings is 2. The van der Waals surface area contributed by atoms with Gasteiger partial charge in [-0.05, 0) is 75.0 Å². The minimum Gasteiger partial charge on any atom is -0.466 e. The number of imidazole rings is 1. The molecule has 1 amide bonds. The van der Waals surface area contributed by atoms with Crippen LogP contribution in [0.4, 0.5) is 38.0 Å². The largest absolute Gasteiger partial charge is 0.466 e. The number of amides is 1. The van der Waals surface area contributed by atoms with Crippen LogP contribution in [-0.2, 0) is 27.0 Å². The minimum atomic E-state index is -4.59. The maximum Gasteiger partial charge on any atom is 0.416 e. The van der Waals surface area contributed by atoms with Crippen molar-refractivity contribution in [1.82, 2.24) is 19.8 Å². The molecule has 3 aliphatic rings. The van der Waals surface area contributed by atoms with Crippen molar-refractivity contribution >= 4 is 23.5 Å². The van der Waals surface area contributed by atoms with Crippen LogP contribution in [0.1, 0.15) is 55.2 Å². The van der Waals surface area contributed by atoms with Crippen LogP contribution in [0, 0.1) is 17.6 Å². The molecule has 3 saturated heterocycles. The number of nitrogens with one attached hydrogen (secondary N) is 2. The number of esters is 1. The standard InChI is InChI=1S/C35H40F6N6O3/c1-2-50-31(48)22-9-14-45(15-10-22)30-17-24(35(39,40)41)4-3-23(30)19-46-16-13-43-33(46)44-32(49)34(38)21-47(26-7-11-42-12-8-26)20-28(34)27-6-5-25(36)18-29(27)37/h3-6,13,16-18,22,26,28,42H,2,7-12,14-15,19-21H2,1H3,(H,43,44,49)/t28-,34-/m0/s1. The highest BCUT2D eigenvalue weighted by molar-refractivity contribution is 5.97. The summed E-state index contributed by atoms with van der Waals surface area (Å²) in [5, 5.41) is 5.82. The first-order chi connectivity index (χ1) is 23.9. The van der Waals surface area contributed by atoms with E-state index in [0.717, 1.165) is 44.1 Å². The number of alkyl halides is 4. The Morgan fingerprint density at radius 2 is 1.80 bits per heavy atom. The van der Waals surface area contributed by atoms with Crippen LogP contribution in [0.25, 0.3) is 0 Å². The second-order valence-electron chi connectivity index (χ2n) is 13.2. The van der Waals surface area contributed by atoms with Crippen LogP contribution < -0.4 is 15.5 Å². The second-order valence-corrected chi connectivity index (χ2v) is 13.2. The average Bonchev–Trinajstić information content (AvgIpc) is 3.69. The van der Waals surface area contributed by atoms with E-state index >= 15 is 8.78 Å². The number of benzene rings is 2. The van der Waals surface area contributed by atoms with E-state index in [1.807, 2.05) is 4.90 Å². The van der Waals surface area contributed by atoms with E-state index in [1.165, 1.54) is 29.1 Å². The molecule has 0 unspecified atom stereocenters. The summed E-state index contributed by atoms with van der Waals surface area (Å²) in [5.41, 5.74) is -2.75. The summed E-state index contributed by atoms with van der Waals surface area (Å²) >= 11 is 0. The van der Waals surface area contributed by atoms with Gasteiger partial charge in [-0.2, -0.15) is 13.2 Å². The average molecular weight is 707 g/mol.